The van der Waals surface area contributed by atoms with E-state index in [9.17, 15) is 0 Å². The molecule has 0 saturated heterocycles. The summed E-state index contributed by atoms with van der Waals surface area (Å²) in [7, 11) is 0. The van der Waals surface area contributed by atoms with E-state index in [0.29, 0.717) is 6.42 Å². The molecule has 14 heavy (non-hydrogen) atoms. The molecule has 2 nitrogen and oxygen atoms in total. The SMILES string of the molecule is N#CCCNCCc1ccccc1Br. The van der Waals surface area contributed by atoms with Crippen LogP contribution < -0.4 is 5.32 Å². The molecule has 1 aromatic carbocycles. The van der Waals surface area contributed by atoms with Gasteiger partial charge >= 0.3 is 0 Å². The minimum absolute atomic E-state index is 0.579. The Bertz CT molecular complexity index is 317. The van der Waals surface area contributed by atoms with Crippen molar-refractivity contribution in [1.82, 2.24) is 5.32 Å². The van der Waals surface area contributed by atoms with Crippen LogP contribution >= 0.6 is 15.9 Å². The summed E-state index contributed by atoms with van der Waals surface area (Å²) >= 11 is 3.50. The number of hydrogen-bond acceptors (Lipinski definition) is 2. The lowest BCUT2D eigenvalue weighted by Gasteiger charge is -2.04. The van der Waals surface area contributed by atoms with Crippen molar-refractivity contribution in [3.05, 3.63) is 34.3 Å². The van der Waals surface area contributed by atoms with Crippen LogP contribution in [0.1, 0.15) is 12.0 Å². The lowest BCUT2D eigenvalue weighted by Crippen LogP contribution is -2.18. The van der Waals surface area contributed by atoms with Crippen LogP contribution in [0, 0.1) is 11.3 Å². The summed E-state index contributed by atoms with van der Waals surface area (Å²) in [5.74, 6) is 0. The molecule has 1 rings (SSSR count). The number of hydrogen-bond donors (Lipinski definition) is 1. The molecule has 0 fully saturated rings. The Balaban J connectivity index is 2.25. The molecule has 0 aromatic heterocycles. The van der Waals surface area contributed by atoms with Crippen molar-refractivity contribution in [3.8, 4) is 6.07 Å². The number of rotatable bonds is 5. The molecular weight excluding hydrogens is 240 g/mol. The molecule has 0 atom stereocenters. The van der Waals surface area contributed by atoms with Crippen molar-refractivity contribution in [2.45, 2.75) is 12.8 Å². The third-order valence-electron chi connectivity index (χ3n) is 1.94. The summed E-state index contributed by atoms with van der Waals surface area (Å²) in [6.07, 6.45) is 1.57. The van der Waals surface area contributed by atoms with Gasteiger partial charge in [-0.1, -0.05) is 34.1 Å². The molecule has 0 saturated carbocycles. The lowest BCUT2D eigenvalue weighted by molar-refractivity contribution is 0.691. The van der Waals surface area contributed by atoms with Gasteiger partial charge in [0.25, 0.3) is 0 Å². The first-order valence-electron chi connectivity index (χ1n) is 4.65. The van der Waals surface area contributed by atoms with Crippen molar-refractivity contribution >= 4 is 15.9 Å². The van der Waals surface area contributed by atoms with Crippen LogP contribution in [0.4, 0.5) is 0 Å². The molecule has 0 spiro atoms. The van der Waals surface area contributed by atoms with Crippen molar-refractivity contribution in [2.24, 2.45) is 0 Å². The van der Waals surface area contributed by atoms with Gasteiger partial charge in [-0.15, -0.1) is 0 Å². The van der Waals surface area contributed by atoms with Crippen LogP contribution in [0.3, 0.4) is 0 Å². The average molecular weight is 253 g/mol. The van der Waals surface area contributed by atoms with Gasteiger partial charge in [0.1, 0.15) is 0 Å². The number of nitrogens with zero attached hydrogens (tertiary/aromatic N) is 1. The van der Waals surface area contributed by atoms with Crippen molar-refractivity contribution in [1.29, 1.82) is 5.26 Å². The molecule has 0 bridgehead atoms. The third kappa shape index (κ3) is 3.91. The molecule has 0 aliphatic heterocycles. The highest BCUT2D eigenvalue weighted by molar-refractivity contribution is 9.10. The Morgan fingerprint density at radius 3 is 2.79 bits per heavy atom. The van der Waals surface area contributed by atoms with Crippen LogP contribution in [0.5, 0.6) is 0 Å². The highest BCUT2D eigenvalue weighted by Crippen LogP contribution is 2.15. The van der Waals surface area contributed by atoms with Crippen molar-refractivity contribution in [2.75, 3.05) is 13.1 Å². The number of nitrogens with one attached hydrogen (secondary N) is 1. The number of benzene rings is 1. The van der Waals surface area contributed by atoms with Crippen LogP contribution in [0.25, 0.3) is 0 Å². The van der Waals surface area contributed by atoms with E-state index < -0.39 is 0 Å². The second-order valence-electron chi connectivity index (χ2n) is 3.00. The Morgan fingerprint density at radius 1 is 1.29 bits per heavy atom. The van der Waals surface area contributed by atoms with E-state index in [4.69, 9.17) is 5.26 Å². The standard InChI is InChI=1S/C11H13BrN2/c12-11-5-2-1-4-10(11)6-9-14-8-3-7-13/h1-2,4-5,14H,3,6,8-9H2. The molecule has 0 radical (unpaired) electrons. The second-order valence-corrected chi connectivity index (χ2v) is 3.85. The zero-order valence-corrected chi connectivity index (χ0v) is 9.55. The predicted molar refractivity (Wildman–Crippen MR) is 60.9 cm³/mol. The van der Waals surface area contributed by atoms with Gasteiger partial charge in [-0.3, -0.25) is 0 Å². The summed E-state index contributed by atoms with van der Waals surface area (Å²) in [6, 6.07) is 10.3. The molecule has 1 aromatic rings. The number of halogens is 1. The van der Waals surface area contributed by atoms with Crippen LogP contribution in [-0.2, 0) is 6.42 Å². The van der Waals surface area contributed by atoms with E-state index in [1.165, 1.54) is 5.56 Å². The summed E-state index contributed by atoms with van der Waals surface area (Å²) in [5.41, 5.74) is 1.30. The molecule has 1 N–H and O–H groups in total. The first-order chi connectivity index (χ1) is 6.84. The zero-order valence-electron chi connectivity index (χ0n) is 7.96. The largest absolute Gasteiger partial charge is 0.315 e. The molecule has 0 aliphatic rings. The summed E-state index contributed by atoms with van der Waals surface area (Å²) in [4.78, 5) is 0. The van der Waals surface area contributed by atoms with Gasteiger partial charge in [0.2, 0.25) is 0 Å². The fourth-order valence-electron chi connectivity index (χ4n) is 1.19. The summed E-state index contributed by atoms with van der Waals surface area (Å²) in [5, 5.41) is 11.5. The van der Waals surface area contributed by atoms with Crippen LogP contribution in [-0.4, -0.2) is 13.1 Å². The van der Waals surface area contributed by atoms with Gasteiger partial charge in [0.05, 0.1) is 6.07 Å². The summed E-state index contributed by atoms with van der Waals surface area (Å²) < 4.78 is 1.15. The van der Waals surface area contributed by atoms with Gasteiger partial charge < -0.3 is 5.32 Å². The second kappa shape index (κ2) is 6.58. The monoisotopic (exact) mass is 252 g/mol. The van der Waals surface area contributed by atoms with E-state index in [-0.39, 0.29) is 0 Å². The highest BCUT2D eigenvalue weighted by Gasteiger charge is 1.96. The predicted octanol–water partition coefficient (Wildman–Crippen LogP) is 2.49. The van der Waals surface area contributed by atoms with Gasteiger partial charge in [0.15, 0.2) is 0 Å². The zero-order chi connectivity index (χ0) is 10.2. The first-order valence-corrected chi connectivity index (χ1v) is 5.45. The molecule has 0 unspecified atom stereocenters. The maximum absolute atomic E-state index is 8.33. The fourth-order valence-corrected chi connectivity index (χ4v) is 1.68. The molecular formula is C11H13BrN2. The van der Waals surface area contributed by atoms with Crippen molar-refractivity contribution < 1.29 is 0 Å². The smallest absolute Gasteiger partial charge is 0.0635 e. The van der Waals surface area contributed by atoms with Crippen LogP contribution in [0.15, 0.2) is 28.7 Å². The minimum atomic E-state index is 0.579. The average Bonchev–Trinajstić information content (AvgIpc) is 2.20. The summed E-state index contributed by atoms with van der Waals surface area (Å²) in [6.45, 7) is 1.70. The van der Waals surface area contributed by atoms with E-state index in [1.54, 1.807) is 0 Å². The molecule has 3 heteroatoms. The van der Waals surface area contributed by atoms with Gasteiger partial charge in [-0.25, -0.2) is 0 Å². The lowest BCUT2D eigenvalue weighted by atomic mass is 10.1. The molecule has 0 amide bonds. The van der Waals surface area contributed by atoms with E-state index >= 15 is 0 Å². The maximum atomic E-state index is 8.33. The van der Waals surface area contributed by atoms with E-state index in [1.807, 2.05) is 18.2 Å². The molecule has 0 aliphatic carbocycles. The van der Waals surface area contributed by atoms with Gasteiger partial charge in [-0.05, 0) is 24.6 Å². The Kier molecular flexibility index (Phi) is 5.28. The van der Waals surface area contributed by atoms with E-state index in [2.05, 4.69) is 33.4 Å². The van der Waals surface area contributed by atoms with Gasteiger partial charge in [0, 0.05) is 17.4 Å². The van der Waals surface area contributed by atoms with Crippen LogP contribution in [0.2, 0.25) is 0 Å². The first kappa shape index (κ1) is 11.2. The highest BCUT2D eigenvalue weighted by atomic mass is 79.9. The maximum Gasteiger partial charge on any atom is 0.0635 e. The molecule has 0 heterocycles. The van der Waals surface area contributed by atoms with Gasteiger partial charge in [-0.2, -0.15) is 5.26 Å². The third-order valence-corrected chi connectivity index (χ3v) is 2.72. The molecule has 74 valence electrons. The van der Waals surface area contributed by atoms with E-state index in [0.717, 1.165) is 24.0 Å². The Labute approximate surface area is 93.1 Å². The Morgan fingerprint density at radius 2 is 2.07 bits per heavy atom. The number of nitriles is 1. The van der Waals surface area contributed by atoms with Crippen molar-refractivity contribution in [3.63, 3.8) is 0 Å². The quantitative estimate of drug-likeness (QED) is 0.818. The normalized spacial score (nSPS) is 9.71. The topological polar surface area (TPSA) is 35.8 Å². The Hall–Kier alpha value is -0.850. The fraction of sp³-hybridized carbons (Fsp3) is 0.364. The minimum Gasteiger partial charge on any atom is -0.315 e.